The number of imidazole rings is 1. The molecule has 1 heterocycles. The quantitative estimate of drug-likeness (QED) is 0.793. The molecule has 0 saturated heterocycles. The number of para-hydroxylation sites is 2. The van der Waals surface area contributed by atoms with E-state index in [1.54, 1.807) is 7.05 Å². The molecule has 2 aromatic rings. The molecular weight excluding hydrogens is 266 g/mol. The van der Waals surface area contributed by atoms with E-state index >= 15 is 0 Å². The Kier molecular flexibility index (Phi) is 5.33. The first kappa shape index (κ1) is 15.5. The fourth-order valence-electron chi connectivity index (χ4n) is 2.57. The molecule has 21 heavy (non-hydrogen) atoms. The van der Waals surface area contributed by atoms with Gasteiger partial charge in [0.2, 0.25) is 0 Å². The summed E-state index contributed by atoms with van der Waals surface area (Å²) in [5.74, 6) is 0.859. The van der Waals surface area contributed by atoms with Gasteiger partial charge in [-0.15, -0.1) is 0 Å². The molecular formula is C16H23N3O2. The largest absolute Gasteiger partial charge is 0.468 e. The van der Waals surface area contributed by atoms with Crippen molar-refractivity contribution in [1.29, 1.82) is 0 Å². The van der Waals surface area contributed by atoms with Crippen molar-refractivity contribution in [3.8, 4) is 0 Å². The van der Waals surface area contributed by atoms with Gasteiger partial charge in [0.15, 0.2) is 0 Å². The number of carbonyl (C=O) groups is 1. The van der Waals surface area contributed by atoms with Crippen molar-refractivity contribution in [3.63, 3.8) is 0 Å². The molecule has 0 radical (unpaired) electrons. The standard InChI is InChI=1S/C16H23N3O2/c1-4-7-15-18-12-8-5-6-9-14(12)19(15)11-10-13(17-2)16(20)21-3/h5-6,8-9,13,17H,4,7,10-11H2,1-3H3. The highest BCUT2D eigenvalue weighted by molar-refractivity contribution is 5.76. The first-order valence-electron chi connectivity index (χ1n) is 7.40. The third kappa shape index (κ3) is 3.42. The highest BCUT2D eigenvalue weighted by Gasteiger charge is 2.18. The number of ether oxygens (including phenoxy) is 1. The van der Waals surface area contributed by atoms with E-state index in [4.69, 9.17) is 9.72 Å². The molecule has 5 nitrogen and oxygen atoms in total. The second-order valence-corrected chi connectivity index (χ2v) is 5.07. The van der Waals surface area contributed by atoms with Crippen LogP contribution in [0.5, 0.6) is 0 Å². The van der Waals surface area contributed by atoms with Crippen molar-refractivity contribution in [2.75, 3.05) is 14.2 Å². The van der Waals surface area contributed by atoms with E-state index in [1.165, 1.54) is 7.11 Å². The maximum atomic E-state index is 11.7. The number of benzene rings is 1. The van der Waals surface area contributed by atoms with Crippen LogP contribution in [-0.4, -0.2) is 35.7 Å². The van der Waals surface area contributed by atoms with Crippen molar-refractivity contribution < 1.29 is 9.53 Å². The van der Waals surface area contributed by atoms with E-state index in [0.717, 1.165) is 36.2 Å². The van der Waals surface area contributed by atoms with Gasteiger partial charge in [-0.1, -0.05) is 19.1 Å². The first-order valence-corrected chi connectivity index (χ1v) is 7.40. The molecule has 2 rings (SSSR count). The minimum absolute atomic E-state index is 0.223. The van der Waals surface area contributed by atoms with E-state index in [2.05, 4.69) is 22.9 Å². The van der Waals surface area contributed by atoms with Gasteiger partial charge in [0.1, 0.15) is 11.9 Å². The average Bonchev–Trinajstić information content (AvgIpc) is 2.85. The van der Waals surface area contributed by atoms with Gasteiger partial charge in [-0.2, -0.15) is 0 Å². The molecule has 0 aliphatic heterocycles. The zero-order valence-electron chi connectivity index (χ0n) is 12.9. The molecule has 0 aliphatic carbocycles. The molecule has 1 unspecified atom stereocenters. The van der Waals surface area contributed by atoms with Gasteiger partial charge in [-0.25, -0.2) is 4.98 Å². The number of esters is 1. The highest BCUT2D eigenvalue weighted by Crippen LogP contribution is 2.18. The van der Waals surface area contributed by atoms with E-state index in [1.807, 2.05) is 18.2 Å². The van der Waals surface area contributed by atoms with Crippen molar-refractivity contribution >= 4 is 17.0 Å². The molecule has 1 aromatic heterocycles. The lowest BCUT2D eigenvalue weighted by molar-refractivity contribution is -0.143. The fourth-order valence-corrected chi connectivity index (χ4v) is 2.57. The number of nitrogens with one attached hydrogen (secondary N) is 1. The number of hydrogen-bond acceptors (Lipinski definition) is 4. The Morgan fingerprint density at radius 2 is 2.19 bits per heavy atom. The van der Waals surface area contributed by atoms with Crippen LogP contribution >= 0.6 is 0 Å². The second kappa shape index (κ2) is 7.22. The van der Waals surface area contributed by atoms with Crippen LogP contribution in [0, 0.1) is 0 Å². The van der Waals surface area contributed by atoms with E-state index in [-0.39, 0.29) is 12.0 Å². The number of likely N-dealkylation sites (N-methyl/N-ethyl adjacent to an activating group) is 1. The molecule has 1 N–H and O–H groups in total. The number of fused-ring (bicyclic) bond motifs is 1. The Morgan fingerprint density at radius 1 is 1.43 bits per heavy atom. The maximum Gasteiger partial charge on any atom is 0.322 e. The summed E-state index contributed by atoms with van der Waals surface area (Å²) in [5, 5.41) is 3.01. The summed E-state index contributed by atoms with van der Waals surface area (Å²) >= 11 is 0. The predicted octanol–water partition coefficient (Wildman–Crippen LogP) is 2.14. The maximum absolute atomic E-state index is 11.7. The number of hydrogen-bond donors (Lipinski definition) is 1. The number of rotatable bonds is 7. The summed E-state index contributed by atoms with van der Waals surface area (Å²) in [6, 6.07) is 7.84. The van der Waals surface area contributed by atoms with Crippen LogP contribution in [0.4, 0.5) is 0 Å². The Bertz CT molecular complexity index is 607. The highest BCUT2D eigenvalue weighted by atomic mass is 16.5. The molecule has 0 amide bonds. The van der Waals surface area contributed by atoms with Gasteiger partial charge in [0.25, 0.3) is 0 Å². The molecule has 0 bridgehead atoms. The topological polar surface area (TPSA) is 56.2 Å². The molecule has 0 spiro atoms. The van der Waals surface area contributed by atoms with Crippen molar-refractivity contribution in [1.82, 2.24) is 14.9 Å². The summed E-state index contributed by atoms with van der Waals surface area (Å²) in [7, 11) is 3.20. The van der Waals surface area contributed by atoms with Crippen molar-refractivity contribution in [2.45, 2.75) is 38.8 Å². The number of aryl methyl sites for hydroxylation is 2. The Hall–Kier alpha value is -1.88. The number of methoxy groups -OCH3 is 1. The number of aromatic nitrogens is 2. The van der Waals surface area contributed by atoms with E-state index < -0.39 is 0 Å². The van der Waals surface area contributed by atoms with Gasteiger partial charge >= 0.3 is 5.97 Å². The second-order valence-electron chi connectivity index (χ2n) is 5.07. The average molecular weight is 289 g/mol. The van der Waals surface area contributed by atoms with Crippen LogP contribution in [0.3, 0.4) is 0 Å². The summed E-state index contributed by atoms with van der Waals surface area (Å²) in [6.07, 6.45) is 2.67. The lowest BCUT2D eigenvalue weighted by Crippen LogP contribution is -2.36. The smallest absolute Gasteiger partial charge is 0.322 e. The fraction of sp³-hybridized carbons (Fsp3) is 0.500. The lowest BCUT2D eigenvalue weighted by atomic mass is 10.2. The SMILES string of the molecule is CCCc1nc2ccccc2n1CCC(NC)C(=O)OC. The minimum atomic E-state index is -0.286. The lowest BCUT2D eigenvalue weighted by Gasteiger charge is -2.15. The van der Waals surface area contributed by atoms with Crippen molar-refractivity contribution in [3.05, 3.63) is 30.1 Å². The minimum Gasteiger partial charge on any atom is -0.468 e. The molecule has 0 aliphatic rings. The zero-order chi connectivity index (χ0) is 15.2. The monoisotopic (exact) mass is 289 g/mol. The molecule has 5 heteroatoms. The third-order valence-corrected chi connectivity index (χ3v) is 3.68. The van der Waals surface area contributed by atoms with Crippen molar-refractivity contribution in [2.24, 2.45) is 0 Å². The Balaban J connectivity index is 2.23. The van der Waals surface area contributed by atoms with Crippen LogP contribution in [0.1, 0.15) is 25.6 Å². The Morgan fingerprint density at radius 3 is 2.86 bits per heavy atom. The van der Waals surface area contributed by atoms with E-state index in [0.29, 0.717) is 6.42 Å². The van der Waals surface area contributed by atoms with Crippen LogP contribution < -0.4 is 5.32 Å². The van der Waals surface area contributed by atoms with Gasteiger partial charge in [0, 0.05) is 13.0 Å². The third-order valence-electron chi connectivity index (χ3n) is 3.68. The predicted molar refractivity (Wildman–Crippen MR) is 83.2 cm³/mol. The van der Waals surface area contributed by atoms with Crippen LogP contribution in [-0.2, 0) is 22.5 Å². The summed E-state index contributed by atoms with van der Waals surface area (Å²) in [6.45, 7) is 2.89. The molecule has 0 saturated carbocycles. The molecule has 1 aromatic carbocycles. The Labute approximate surface area is 125 Å². The van der Waals surface area contributed by atoms with E-state index in [9.17, 15) is 4.79 Å². The summed E-state index contributed by atoms with van der Waals surface area (Å²) < 4.78 is 7.03. The first-order chi connectivity index (χ1) is 10.2. The summed E-state index contributed by atoms with van der Waals surface area (Å²) in [5.41, 5.74) is 2.14. The van der Waals surface area contributed by atoms with Crippen LogP contribution in [0.25, 0.3) is 11.0 Å². The number of nitrogens with zero attached hydrogens (tertiary/aromatic N) is 2. The molecule has 1 atom stereocenters. The number of carbonyl (C=O) groups excluding carboxylic acids is 1. The normalized spacial score (nSPS) is 12.5. The van der Waals surface area contributed by atoms with Gasteiger partial charge < -0.3 is 14.6 Å². The van der Waals surface area contributed by atoms with Crippen LogP contribution in [0.2, 0.25) is 0 Å². The zero-order valence-corrected chi connectivity index (χ0v) is 12.9. The molecule has 0 fully saturated rings. The summed E-state index contributed by atoms with van der Waals surface area (Å²) in [4.78, 5) is 16.4. The van der Waals surface area contributed by atoms with Gasteiger partial charge in [-0.05, 0) is 32.0 Å². The molecule has 114 valence electrons. The van der Waals surface area contributed by atoms with Gasteiger partial charge in [0.05, 0.1) is 18.1 Å². The van der Waals surface area contributed by atoms with Crippen LogP contribution in [0.15, 0.2) is 24.3 Å². The van der Waals surface area contributed by atoms with Gasteiger partial charge in [-0.3, -0.25) is 4.79 Å².